The molecule has 2 rings (SSSR count). The molecule has 0 unspecified atom stereocenters. The SMILES string of the molecule is CCc1cc(Cl)cnc1NC(=O)Nc1ccn[nH]1. The van der Waals surface area contributed by atoms with Crippen LogP contribution < -0.4 is 10.6 Å². The number of nitrogens with zero attached hydrogens (tertiary/aromatic N) is 2. The number of carbonyl (C=O) groups is 1. The molecule has 0 aliphatic carbocycles. The summed E-state index contributed by atoms with van der Waals surface area (Å²) in [6.45, 7) is 1.96. The molecule has 0 bridgehead atoms. The summed E-state index contributed by atoms with van der Waals surface area (Å²) < 4.78 is 0. The Morgan fingerprint density at radius 1 is 1.50 bits per heavy atom. The van der Waals surface area contributed by atoms with E-state index in [0.717, 1.165) is 12.0 Å². The second kappa shape index (κ2) is 5.50. The van der Waals surface area contributed by atoms with E-state index in [9.17, 15) is 4.79 Å². The van der Waals surface area contributed by atoms with Crippen LogP contribution in [0.1, 0.15) is 12.5 Å². The largest absolute Gasteiger partial charge is 0.326 e. The van der Waals surface area contributed by atoms with Crippen molar-refractivity contribution in [2.75, 3.05) is 10.6 Å². The van der Waals surface area contributed by atoms with Gasteiger partial charge in [0.25, 0.3) is 0 Å². The van der Waals surface area contributed by atoms with Gasteiger partial charge in [-0.25, -0.2) is 9.78 Å². The Bertz CT molecular complexity index is 540. The molecule has 0 saturated carbocycles. The van der Waals surface area contributed by atoms with Gasteiger partial charge in [0.2, 0.25) is 0 Å². The maximum absolute atomic E-state index is 11.7. The lowest BCUT2D eigenvalue weighted by atomic mass is 10.2. The van der Waals surface area contributed by atoms with Crippen molar-refractivity contribution in [3.05, 3.63) is 35.1 Å². The Morgan fingerprint density at radius 3 is 3.00 bits per heavy atom. The molecule has 0 atom stereocenters. The minimum absolute atomic E-state index is 0.385. The smallest absolute Gasteiger partial charge is 0.292 e. The van der Waals surface area contributed by atoms with Crippen LogP contribution in [-0.2, 0) is 6.42 Å². The van der Waals surface area contributed by atoms with Crippen molar-refractivity contribution in [2.45, 2.75) is 13.3 Å². The zero-order valence-electron chi connectivity index (χ0n) is 9.70. The highest BCUT2D eigenvalue weighted by Crippen LogP contribution is 2.18. The quantitative estimate of drug-likeness (QED) is 0.798. The number of aromatic nitrogens is 3. The number of urea groups is 1. The molecule has 0 saturated heterocycles. The third-order valence-electron chi connectivity index (χ3n) is 2.30. The summed E-state index contributed by atoms with van der Waals surface area (Å²) in [4.78, 5) is 15.8. The number of hydrogen-bond donors (Lipinski definition) is 3. The number of halogens is 1. The number of anilines is 2. The number of nitrogens with one attached hydrogen (secondary N) is 3. The predicted octanol–water partition coefficient (Wildman–Crippen LogP) is 2.66. The summed E-state index contributed by atoms with van der Waals surface area (Å²) >= 11 is 5.84. The molecule has 6 nitrogen and oxygen atoms in total. The van der Waals surface area contributed by atoms with E-state index in [1.54, 1.807) is 18.3 Å². The topological polar surface area (TPSA) is 82.7 Å². The molecule has 0 aliphatic heterocycles. The van der Waals surface area contributed by atoms with E-state index in [-0.39, 0.29) is 6.03 Å². The summed E-state index contributed by atoms with van der Waals surface area (Å²) in [5.74, 6) is 1.01. The minimum atomic E-state index is -0.385. The van der Waals surface area contributed by atoms with Gasteiger partial charge in [-0.05, 0) is 18.1 Å². The Hall–Kier alpha value is -2.08. The maximum Gasteiger partial charge on any atom is 0.326 e. The first-order valence-corrected chi connectivity index (χ1v) is 5.78. The molecule has 18 heavy (non-hydrogen) atoms. The van der Waals surface area contributed by atoms with Gasteiger partial charge in [-0.1, -0.05) is 18.5 Å². The molecule has 94 valence electrons. The monoisotopic (exact) mass is 265 g/mol. The van der Waals surface area contributed by atoms with E-state index in [1.807, 2.05) is 6.92 Å². The third-order valence-corrected chi connectivity index (χ3v) is 2.50. The van der Waals surface area contributed by atoms with Gasteiger partial charge >= 0.3 is 6.03 Å². The minimum Gasteiger partial charge on any atom is -0.292 e. The fourth-order valence-corrected chi connectivity index (χ4v) is 1.63. The Kier molecular flexibility index (Phi) is 3.78. The van der Waals surface area contributed by atoms with Crippen LogP contribution in [0.4, 0.5) is 16.4 Å². The van der Waals surface area contributed by atoms with Crippen LogP contribution in [0, 0.1) is 0 Å². The van der Waals surface area contributed by atoms with E-state index in [4.69, 9.17) is 11.6 Å². The summed E-state index contributed by atoms with van der Waals surface area (Å²) in [5.41, 5.74) is 0.877. The lowest BCUT2D eigenvalue weighted by molar-refractivity contribution is 0.262. The van der Waals surface area contributed by atoms with Gasteiger partial charge in [-0.15, -0.1) is 0 Å². The van der Waals surface area contributed by atoms with E-state index in [1.165, 1.54) is 6.20 Å². The molecule has 0 radical (unpaired) electrons. The van der Waals surface area contributed by atoms with Gasteiger partial charge in [0, 0.05) is 12.3 Å². The van der Waals surface area contributed by atoms with Crippen molar-refractivity contribution >= 4 is 29.3 Å². The molecule has 7 heteroatoms. The molecule has 2 heterocycles. The average Bonchev–Trinajstić information content (AvgIpc) is 2.84. The number of rotatable bonds is 3. The number of carbonyl (C=O) groups excluding carboxylic acids is 1. The van der Waals surface area contributed by atoms with Gasteiger partial charge in [-0.3, -0.25) is 15.7 Å². The average molecular weight is 266 g/mol. The van der Waals surface area contributed by atoms with Crippen molar-refractivity contribution in [1.82, 2.24) is 15.2 Å². The normalized spacial score (nSPS) is 10.1. The van der Waals surface area contributed by atoms with Crippen LogP contribution in [0.25, 0.3) is 0 Å². The van der Waals surface area contributed by atoms with Crippen molar-refractivity contribution < 1.29 is 4.79 Å². The molecular formula is C11H12ClN5O. The highest BCUT2D eigenvalue weighted by atomic mass is 35.5. The fraction of sp³-hybridized carbons (Fsp3) is 0.182. The molecule has 0 spiro atoms. The van der Waals surface area contributed by atoms with Gasteiger partial charge in [0.1, 0.15) is 11.6 Å². The first-order chi connectivity index (χ1) is 8.69. The molecule has 2 aromatic heterocycles. The van der Waals surface area contributed by atoms with E-state index in [0.29, 0.717) is 16.7 Å². The standard InChI is InChI=1S/C11H12ClN5O/c1-2-7-5-8(12)6-13-10(7)16-11(18)15-9-3-4-14-17-9/h3-6H,2H2,1H3,(H3,13,14,15,16,17,18). The van der Waals surface area contributed by atoms with Crippen LogP contribution in [0.15, 0.2) is 24.5 Å². The van der Waals surface area contributed by atoms with Gasteiger partial charge in [0.05, 0.1) is 11.2 Å². The third kappa shape index (κ3) is 2.98. The number of aryl methyl sites for hydroxylation is 1. The van der Waals surface area contributed by atoms with Crippen molar-refractivity contribution in [3.63, 3.8) is 0 Å². The van der Waals surface area contributed by atoms with Crippen LogP contribution >= 0.6 is 11.6 Å². The van der Waals surface area contributed by atoms with Gasteiger partial charge in [-0.2, -0.15) is 5.10 Å². The number of amides is 2. The number of aromatic amines is 1. The first-order valence-electron chi connectivity index (χ1n) is 5.41. The van der Waals surface area contributed by atoms with Crippen LogP contribution in [-0.4, -0.2) is 21.2 Å². The highest BCUT2D eigenvalue weighted by molar-refractivity contribution is 6.30. The zero-order chi connectivity index (χ0) is 13.0. The molecule has 2 amide bonds. The highest BCUT2D eigenvalue weighted by Gasteiger charge is 2.08. The summed E-state index contributed by atoms with van der Waals surface area (Å²) in [6, 6.07) is 3.04. The van der Waals surface area contributed by atoms with Crippen molar-refractivity contribution in [2.24, 2.45) is 0 Å². The number of H-pyrrole nitrogens is 1. The van der Waals surface area contributed by atoms with E-state index < -0.39 is 0 Å². The number of hydrogen-bond acceptors (Lipinski definition) is 3. The molecular weight excluding hydrogens is 254 g/mol. The predicted molar refractivity (Wildman–Crippen MR) is 69.9 cm³/mol. The summed E-state index contributed by atoms with van der Waals surface area (Å²) in [7, 11) is 0. The van der Waals surface area contributed by atoms with Crippen LogP contribution in [0.2, 0.25) is 5.02 Å². The lowest BCUT2D eigenvalue weighted by Gasteiger charge is -2.09. The molecule has 3 N–H and O–H groups in total. The maximum atomic E-state index is 11.7. The molecule has 2 aromatic rings. The Balaban J connectivity index is 2.07. The first kappa shape index (κ1) is 12.4. The van der Waals surface area contributed by atoms with Crippen molar-refractivity contribution in [3.8, 4) is 0 Å². The molecule has 0 aliphatic rings. The lowest BCUT2D eigenvalue weighted by Crippen LogP contribution is -2.21. The van der Waals surface area contributed by atoms with Gasteiger partial charge < -0.3 is 0 Å². The Morgan fingerprint density at radius 2 is 2.33 bits per heavy atom. The summed E-state index contributed by atoms with van der Waals surface area (Å²) in [6.07, 6.45) is 3.77. The van der Waals surface area contributed by atoms with Crippen LogP contribution in [0.3, 0.4) is 0 Å². The van der Waals surface area contributed by atoms with Crippen molar-refractivity contribution in [1.29, 1.82) is 0 Å². The second-order valence-electron chi connectivity index (χ2n) is 3.56. The fourth-order valence-electron chi connectivity index (χ4n) is 1.45. The molecule has 0 aromatic carbocycles. The zero-order valence-corrected chi connectivity index (χ0v) is 10.5. The van der Waals surface area contributed by atoms with Gasteiger partial charge in [0.15, 0.2) is 0 Å². The van der Waals surface area contributed by atoms with Crippen LogP contribution in [0.5, 0.6) is 0 Å². The Labute approximate surface area is 109 Å². The second-order valence-corrected chi connectivity index (χ2v) is 4.00. The molecule has 0 fully saturated rings. The van der Waals surface area contributed by atoms with E-state index in [2.05, 4.69) is 25.8 Å². The summed E-state index contributed by atoms with van der Waals surface area (Å²) in [5, 5.41) is 12.2. The van der Waals surface area contributed by atoms with E-state index >= 15 is 0 Å². The number of pyridine rings is 1.